The number of aliphatic hydroxyl groups is 1. The molecule has 1 aromatic carbocycles. The number of hydrogen-bond donors (Lipinski definition) is 4. The summed E-state index contributed by atoms with van der Waals surface area (Å²) in [6, 6.07) is 10.2. The van der Waals surface area contributed by atoms with Crippen LogP contribution in [0.3, 0.4) is 0 Å². The molecule has 0 saturated carbocycles. The van der Waals surface area contributed by atoms with Crippen molar-refractivity contribution >= 4 is 16.7 Å². The molecular formula is C19H25N5O2. The summed E-state index contributed by atoms with van der Waals surface area (Å²) >= 11 is 0. The lowest BCUT2D eigenvalue weighted by molar-refractivity contribution is 0.104. The molecular weight excluding hydrogens is 330 g/mol. The Hall–Kier alpha value is -2.64. The maximum absolute atomic E-state index is 9.87. The summed E-state index contributed by atoms with van der Waals surface area (Å²) in [4.78, 5) is 4.30. The molecule has 0 fully saturated rings. The Kier molecular flexibility index (Phi) is 6.04. The fourth-order valence-corrected chi connectivity index (χ4v) is 2.46. The number of ether oxygens (including phenoxy) is 1. The van der Waals surface area contributed by atoms with Crippen LogP contribution in [0.4, 0.5) is 5.69 Å². The first kappa shape index (κ1) is 18.2. The first-order valence-corrected chi connectivity index (χ1v) is 8.76. The number of pyridine rings is 1. The number of aromatic amines is 1. The first-order valence-electron chi connectivity index (χ1n) is 8.76. The molecule has 26 heavy (non-hydrogen) atoms. The summed E-state index contributed by atoms with van der Waals surface area (Å²) in [6.45, 7) is 5.57. The van der Waals surface area contributed by atoms with Crippen LogP contribution in [0, 0.1) is 0 Å². The number of aliphatic hydroxyl groups excluding tert-OH is 1. The van der Waals surface area contributed by atoms with E-state index in [-0.39, 0.29) is 6.61 Å². The number of aromatic nitrogens is 3. The van der Waals surface area contributed by atoms with Crippen molar-refractivity contribution in [3.63, 3.8) is 0 Å². The minimum absolute atomic E-state index is 0.272. The summed E-state index contributed by atoms with van der Waals surface area (Å²) in [5, 5.41) is 24.2. The van der Waals surface area contributed by atoms with E-state index in [2.05, 4.69) is 25.8 Å². The fourth-order valence-electron chi connectivity index (χ4n) is 2.46. The standard InChI is InChI=1S/C19H25N5O2/c1-13(2)20-11-17(25)12-26-18-5-3-14(4-6-18)8-21-16-7-15-9-23-24-19(15)22-10-16/h3-7,9-10,13,17,20-21,25H,8,11-12H2,1-2H3,(H,22,23,24). The maximum Gasteiger partial charge on any atom is 0.155 e. The van der Waals surface area contributed by atoms with Crippen molar-refractivity contribution in [3.05, 3.63) is 48.3 Å². The highest BCUT2D eigenvalue weighted by atomic mass is 16.5. The third kappa shape index (κ3) is 5.18. The van der Waals surface area contributed by atoms with Crippen LogP contribution in [0.15, 0.2) is 42.7 Å². The molecule has 1 atom stereocenters. The largest absolute Gasteiger partial charge is 0.491 e. The Bertz CT molecular complexity index is 816. The van der Waals surface area contributed by atoms with Gasteiger partial charge in [-0.1, -0.05) is 26.0 Å². The van der Waals surface area contributed by atoms with Crippen LogP contribution >= 0.6 is 0 Å². The second-order valence-corrected chi connectivity index (χ2v) is 6.56. The van der Waals surface area contributed by atoms with Crippen LogP contribution in [0.2, 0.25) is 0 Å². The van der Waals surface area contributed by atoms with Crippen LogP contribution < -0.4 is 15.4 Å². The SMILES string of the molecule is CC(C)NCC(O)COc1ccc(CNc2cnc3[nH]ncc3c2)cc1. The monoisotopic (exact) mass is 355 g/mol. The van der Waals surface area contributed by atoms with E-state index >= 15 is 0 Å². The van der Waals surface area contributed by atoms with Crippen molar-refractivity contribution in [2.24, 2.45) is 0 Å². The molecule has 2 aromatic heterocycles. The van der Waals surface area contributed by atoms with Gasteiger partial charge in [-0.3, -0.25) is 5.10 Å². The van der Waals surface area contributed by atoms with Gasteiger partial charge in [0.25, 0.3) is 0 Å². The highest BCUT2D eigenvalue weighted by Gasteiger charge is 2.06. The van der Waals surface area contributed by atoms with Gasteiger partial charge in [0, 0.05) is 24.5 Å². The van der Waals surface area contributed by atoms with Crippen LogP contribution in [0.5, 0.6) is 5.75 Å². The Labute approximate surface area is 152 Å². The summed E-state index contributed by atoms with van der Waals surface area (Å²) < 4.78 is 5.63. The molecule has 4 N–H and O–H groups in total. The molecule has 1 unspecified atom stereocenters. The molecule has 3 rings (SSSR count). The van der Waals surface area contributed by atoms with Gasteiger partial charge in [-0.05, 0) is 23.8 Å². The molecule has 0 aliphatic heterocycles. The number of fused-ring (bicyclic) bond motifs is 1. The van der Waals surface area contributed by atoms with Gasteiger partial charge in [0.05, 0.1) is 18.1 Å². The van der Waals surface area contributed by atoms with Crippen molar-refractivity contribution in [2.75, 3.05) is 18.5 Å². The third-order valence-corrected chi connectivity index (χ3v) is 3.92. The van der Waals surface area contributed by atoms with Gasteiger partial charge in [-0.2, -0.15) is 5.10 Å². The van der Waals surface area contributed by atoms with E-state index in [0.717, 1.165) is 28.0 Å². The van der Waals surface area contributed by atoms with Gasteiger partial charge in [0.15, 0.2) is 5.65 Å². The summed E-state index contributed by atoms with van der Waals surface area (Å²) in [7, 11) is 0. The molecule has 0 bridgehead atoms. The second-order valence-electron chi connectivity index (χ2n) is 6.56. The molecule has 3 aromatic rings. The highest BCUT2D eigenvalue weighted by Crippen LogP contribution is 2.16. The normalized spacial score (nSPS) is 12.5. The van der Waals surface area contributed by atoms with Gasteiger partial charge in [-0.25, -0.2) is 4.98 Å². The van der Waals surface area contributed by atoms with E-state index in [4.69, 9.17) is 4.74 Å². The van der Waals surface area contributed by atoms with Crippen LogP contribution in [-0.4, -0.2) is 45.6 Å². The topological polar surface area (TPSA) is 95.1 Å². The molecule has 0 spiro atoms. The predicted octanol–water partition coefficient (Wildman–Crippen LogP) is 2.31. The predicted molar refractivity (Wildman–Crippen MR) is 102 cm³/mol. The lowest BCUT2D eigenvalue weighted by Crippen LogP contribution is -2.35. The minimum Gasteiger partial charge on any atom is -0.491 e. The van der Waals surface area contributed by atoms with E-state index in [0.29, 0.717) is 19.1 Å². The maximum atomic E-state index is 9.87. The average molecular weight is 355 g/mol. The van der Waals surface area contributed by atoms with E-state index < -0.39 is 6.10 Å². The minimum atomic E-state index is -0.524. The van der Waals surface area contributed by atoms with Gasteiger partial charge in [0.2, 0.25) is 0 Å². The number of H-pyrrole nitrogens is 1. The Morgan fingerprint density at radius 2 is 2.00 bits per heavy atom. The van der Waals surface area contributed by atoms with Crippen molar-refractivity contribution in [2.45, 2.75) is 32.5 Å². The first-order chi connectivity index (χ1) is 12.6. The molecule has 7 nitrogen and oxygen atoms in total. The van der Waals surface area contributed by atoms with Crippen molar-refractivity contribution in [3.8, 4) is 5.75 Å². The lowest BCUT2D eigenvalue weighted by Gasteiger charge is -2.15. The molecule has 0 aliphatic rings. The number of rotatable bonds is 9. The number of nitrogens with one attached hydrogen (secondary N) is 3. The zero-order chi connectivity index (χ0) is 18.4. The quantitative estimate of drug-likeness (QED) is 0.470. The molecule has 0 aliphatic carbocycles. The van der Waals surface area contributed by atoms with Gasteiger partial charge in [0.1, 0.15) is 18.5 Å². The van der Waals surface area contributed by atoms with Crippen molar-refractivity contribution < 1.29 is 9.84 Å². The summed E-state index contributed by atoms with van der Waals surface area (Å²) in [6.07, 6.45) is 3.01. The second kappa shape index (κ2) is 8.64. The fraction of sp³-hybridized carbons (Fsp3) is 0.368. The number of nitrogens with zero attached hydrogens (tertiary/aromatic N) is 2. The van der Waals surface area contributed by atoms with E-state index in [1.807, 2.05) is 44.2 Å². The molecule has 0 saturated heterocycles. The van der Waals surface area contributed by atoms with E-state index in [1.54, 1.807) is 12.4 Å². The van der Waals surface area contributed by atoms with Gasteiger partial charge >= 0.3 is 0 Å². The zero-order valence-electron chi connectivity index (χ0n) is 15.1. The van der Waals surface area contributed by atoms with E-state index in [9.17, 15) is 5.11 Å². The lowest BCUT2D eigenvalue weighted by atomic mass is 10.2. The zero-order valence-corrected chi connectivity index (χ0v) is 15.1. The number of hydrogen-bond acceptors (Lipinski definition) is 6. The van der Waals surface area contributed by atoms with Crippen LogP contribution in [0.25, 0.3) is 11.0 Å². The smallest absolute Gasteiger partial charge is 0.155 e. The van der Waals surface area contributed by atoms with Crippen molar-refractivity contribution in [1.82, 2.24) is 20.5 Å². The molecule has 0 amide bonds. The summed E-state index contributed by atoms with van der Waals surface area (Å²) in [5.74, 6) is 0.749. The average Bonchev–Trinajstić information content (AvgIpc) is 3.11. The van der Waals surface area contributed by atoms with E-state index in [1.165, 1.54) is 0 Å². The number of benzene rings is 1. The number of anilines is 1. The Balaban J connectivity index is 1.46. The Morgan fingerprint density at radius 1 is 1.19 bits per heavy atom. The third-order valence-electron chi connectivity index (χ3n) is 3.92. The molecule has 138 valence electrons. The van der Waals surface area contributed by atoms with Gasteiger partial charge < -0.3 is 20.5 Å². The molecule has 0 radical (unpaired) electrons. The Morgan fingerprint density at radius 3 is 2.77 bits per heavy atom. The van der Waals surface area contributed by atoms with Crippen LogP contribution in [0.1, 0.15) is 19.4 Å². The molecule has 7 heteroatoms. The van der Waals surface area contributed by atoms with Gasteiger partial charge in [-0.15, -0.1) is 0 Å². The van der Waals surface area contributed by atoms with Crippen molar-refractivity contribution in [1.29, 1.82) is 0 Å². The molecule has 2 heterocycles. The summed E-state index contributed by atoms with van der Waals surface area (Å²) in [5.41, 5.74) is 2.86. The highest BCUT2D eigenvalue weighted by molar-refractivity contribution is 5.77. The van der Waals surface area contributed by atoms with Crippen LogP contribution in [-0.2, 0) is 6.54 Å².